The minimum atomic E-state index is -4.45. The molecule has 0 saturated heterocycles. The van der Waals surface area contributed by atoms with Crippen molar-refractivity contribution >= 4 is 31.6 Å². The molecule has 0 aliphatic carbocycles. The summed E-state index contributed by atoms with van der Waals surface area (Å²) in [7, 11) is -4.45. The lowest BCUT2D eigenvalue weighted by Crippen LogP contribution is -2.16. The van der Waals surface area contributed by atoms with Gasteiger partial charge in [-0.2, -0.15) is 0 Å². The molecule has 0 aliphatic rings. The third-order valence-corrected chi connectivity index (χ3v) is 3.44. The number of sulfonamides is 1. The topological polar surface area (TPSA) is 116 Å². The van der Waals surface area contributed by atoms with Gasteiger partial charge in [0.05, 0.1) is 4.92 Å². The fraction of sp³-hybridized carbons (Fsp3) is 0.167. The maximum atomic E-state index is 12.3. The fourth-order valence-corrected chi connectivity index (χ4v) is 2.81. The van der Waals surface area contributed by atoms with Crippen molar-refractivity contribution < 1.29 is 22.1 Å². The highest BCUT2D eigenvalue weighted by Crippen LogP contribution is 2.32. The van der Waals surface area contributed by atoms with Crippen LogP contribution in [0.3, 0.4) is 0 Å². The van der Waals surface area contributed by atoms with Gasteiger partial charge in [0.1, 0.15) is 10.3 Å². The molecule has 11 heteroatoms. The van der Waals surface area contributed by atoms with Gasteiger partial charge in [0.15, 0.2) is 4.90 Å². The lowest BCUT2D eigenvalue weighted by atomic mass is 10.3. The zero-order valence-electron chi connectivity index (χ0n) is 7.80. The SMILES string of the molecule is NS(=O)(=O)c1c([N+](=O)[O-])cc(C(F)F)nc1Br. The highest BCUT2D eigenvalue weighted by Gasteiger charge is 2.30. The number of nitrogens with two attached hydrogens (primary N) is 1. The molecule has 17 heavy (non-hydrogen) atoms. The van der Waals surface area contributed by atoms with Crippen LogP contribution in [-0.2, 0) is 10.0 Å². The van der Waals surface area contributed by atoms with Gasteiger partial charge < -0.3 is 0 Å². The van der Waals surface area contributed by atoms with Crippen molar-refractivity contribution in [2.45, 2.75) is 11.3 Å². The summed E-state index contributed by atoms with van der Waals surface area (Å²) in [6, 6.07) is 0.370. The largest absolute Gasteiger partial charge is 0.294 e. The first-order valence-corrected chi connectivity index (χ1v) is 6.14. The summed E-state index contributed by atoms with van der Waals surface area (Å²) >= 11 is 2.56. The van der Waals surface area contributed by atoms with E-state index in [1.165, 1.54) is 0 Å². The number of aromatic nitrogens is 1. The van der Waals surface area contributed by atoms with Crippen LogP contribution in [0.15, 0.2) is 15.6 Å². The van der Waals surface area contributed by atoms with E-state index in [2.05, 4.69) is 20.9 Å². The summed E-state index contributed by atoms with van der Waals surface area (Å²) in [5, 5.41) is 15.3. The molecule has 0 bridgehead atoms. The Balaban J connectivity index is 3.68. The van der Waals surface area contributed by atoms with E-state index in [1.807, 2.05) is 0 Å². The average molecular weight is 332 g/mol. The maximum absolute atomic E-state index is 12.3. The highest BCUT2D eigenvalue weighted by atomic mass is 79.9. The number of halogens is 3. The van der Waals surface area contributed by atoms with E-state index in [1.54, 1.807) is 0 Å². The fourth-order valence-electron chi connectivity index (χ4n) is 1.02. The number of hydrogen-bond donors (Lipinski definition) is 1. The molecule has 1 aromatic rings. The molecule has 1 aromatic heterocycles. The molecule has 7 nitrogen and oxygen atoms in total. The average Bonchev–Trinajstić information content (AvgIpc) is 2.13. The van der Waals surface area contributed by atoms with Crippen molar-refractivity contribution in [2.75, 3.05) is 0 Å². The number of nitro groups is 1. The van der Waals surface area contributed by atoms with Crippen LogP contribution in [0.1, 0.15) is 12.1 Å². The van der Waals surface area contributed by atoms with Crippen molar-refractivity contribution in [1.82, 2.24) is 4.98 Å². The maximum Gasteiger partial charge on any atom is 0.294 e. The summed E-state index contributed by atoms with van der Waals surface area (Å²) in [6.45, 7) is 0. The van der Waals surface area contributed by atoms with Crippen LogP contribution in [0.5, 0.6) is 0 Å². The molecule has 0 saturated carbocycles. The molecule has 1 rings (SSSR count). The minimum Gasteiger partial charge on any atom is -0.258 e. The van der Waals surface area contributed by atoms with Crippen molar-refractivity contribution in [3.05, 3.63) is 26.5 Å². The second kappa shape index (κ2) is 4.58. The lowest BCUT2D eigenvalue weighted by Gasteiger charge is -2.05. The van der Waals surface area contributed by atoms with Gasteiger partial charge in [-0.1, -0.05) is 0 Å². The van der Waals surface area contributed by atoms with E-state index in [0.717, 1.165) is 0 Å². The van der Waals surface area contributed by atoms with E-state index in [-0.39, 0.29) is 0 Å². The highest BCUT2D eigenvalue weighted by molar-refractivity contribution is 9.10. The molecule has 94 valence electrons. The third kappa shape index (κ3) is 2.92. The van der Waals surface area contributed by atoms with Crippen molar-refractivity contribution in [2.24, 2.45) is 5.14 Å². The summed E-state index contributed by atoms with van der Waals surface area (Å²) in [5.41, 5.74) is -1.97. The van der Waals surface area contributed by atoms with Gasteiger partial charge in [0.25, 0.3) is 12.1 Å². The van der Waals surface area contributed by atoms with E-state index >= 15 is 0 Å². The first-order chi connectivity index (χ1) is 7.64. The Kier molecular flexibility index (Phi) is 3.74. The number of hydrogen-bond acceptors (Lipinski definition) is 5. The molecule has 0 amide bonds. The van der Waals surface area contributed by atoms with E-state index < -0.39 is 42.3 Å². The van der Waals surface area contributed by atoms with Gasteiger partial charge in [0.2, 0.25) is 10.0 Å². The molecule has 1 heterocycles. The van der Waals surface area contributed by atoms with Crippen molar-refractivity contribution in [3.8, 4) is 0 Å². The molecular weight excluding hydrogens is 328 g/mol. The van der Waals surface area contributed by atoms with Crippen LogP contribution in [0, 0.1) is 10.1 Å². The van der Waals surface area contributed by atoms with Crippen LogP contribution in [0.4, 0.5) is 14.5 Å². The Bertz CT molecular complexity index is 577. The molecule has 0 aliphatic heterocycles. The van der Waals surface area contributed by atoms with E-state index in [9.17, 15) is 27.3 Å². The third-order valence-electron chi connectivity index (χ3n) is 1.64. The predicted molar refractivity (Wildman–Crippen MR) is 54.9 cm³/mol. The Labute approximate surface area is 102 Å². The molecule has 0 atom stereocenters. The quantitative estimate of drug-likeness (QED) is 0.509. The second-order valence-corrected chi connectivity index (χ2v) is 5.04. The van der Waals surface area contributed by atoms with Crippen LogP contribution < -0.4 is 5.14 Å². The van der Waals surface area contributed by atoms with Crippen LogP contribution in [0.2, 0.25) is 0 Å². The van der Waals surface area contributed by atoms with E-state index in [4.69, 9.17) is 5.14 Å². The van der Waals surface area contributed by atoms with Gasteiger partial charge in [-0.15, -0.1) is 0 Å². The predicted octanol–water partition coefficient (Wildman–Crippen LogP) is 1.34. The molecule has 0 spiro atoms. The molecule has 2 N–H and O–H groups in total. The van der Waals surface area contributed by atoms with Gasteiger partial charge in [-0.3, -0.25) is 10.1 Å². The standard InChI is InChI=1S/C6H4BrF2N3O4S/c7-5-4(17(10,15)16)3(12(13)14)1-2(11-5)6(8)9/h1,6H,(H2,10,15,16). The van der Waals surface area contributed by atoms with Gasteiger partial charge in [-0.25, -0.2) is 27.3 Å². The number of alkyl halides is 2. The summed E-state index contributed by atoms with van der Waals surface area (Å²) in [4.78, 5) is 11.7. The number of rotatable bonds is 3. The molecule has 0 radical (unpaired) electrons. The summed E-state index contributed by atoms with van der Waals surface area (Å²) in [6.07, 6.45) is -3.07. The first-order valence-electron chi connectivity index (χ1n) is 3.80. The minimum absolute atomic E-state index is 0.370. The Hall–Kier alpha value is -1.20. The number of primary sulfonamides is 1. The molecular formula is C6H4BrF2N3O4S. The second-order valence-electron chi connectivity index (χ2n) is 2.79. The van der Waals surface area contributed by atoms with Gasteiger partial charge >= 0.3 is 0 Å². The Morgan fingerprint density at radius 1 is 1.53 bits per heavy atom. The van der Waals surface area contributed by atoms with Gasteiger partial charge in [0, 0.05) is 6.07 Å². The Morgan fingerprint density at radius 3 is 2.41 bits per heavy atom. The summed E-state index contributed by atoms with van der Waals surface area (Å²) < 4.78 is 46.2. The van der Waals surface area contributed by atoms with Crippen LogP contribution >= 0.6 is 15.9 Å². The first kappa shape index (κ1) is 13.9. The number of pyridine rings is 1. The Morgan fingerprint density at radius 2 is 2.06 bits per heavy atom. The van der Waals surface area contributed by atoms with Crippen molar-refractivity contribution in [3.63, 3.8) is 0 Å². The zero-order chi connectivity index (χ0) is 13.4. The molecule has 0 fully saturated rings. The number of nitrogens with zero attached hydrogens (tertiary/aromatic N) is 2. The smallest absolute Gasteiger partial charge is 0.258 e. The monoisotopic (exact) mass is 331 g/mol. The lowest BCUT2D eigenvalue weighted by molar-refractivity contribution is -0.388. The van der Waals surface area contributed by atoms with Crippen LogP contribution in [-0.4, -0.2) is 18.3 Å². The normalized spacial score (nSPS) is 11.8. The molecule has 0 unspecified atom stereocenters. The van der Waals surface area contributed by atoms with Gasteiger partial charge in [-0.05, 0) is 15.9 Å². The molecule has 0 aromatic carbocycles. The zero-order valence-corrected chi connectivity index (χ0v) is 10.2. The summed E-state index contributed by atoms with van der Waals surface area (Å²) in [5.74, 6) is 0. The van der Waals surface area contributed by atoms with E-state index in [0.29, 0.717) is 6.07 Å². The van der Waals surface area contributed by atoms with Crippen LogP contribution in [0.25, 0.3) is 0 Å². The van der Waals surface area contributed by atoms with Crippen molar-refractivity contribution in [1.29, 1.82) is 0 Å².